The third-order valence-corrected chi connectivity index (χ3v) is 3.07. The zero-order valence-electron chi connectivity index (χ0n) is 10.7. The van der Waals surface area contributed by atoms with Crippen molar-refractivity contribution in [3.8, 4) is 0 Å². The van der Waals surface area contributed by atoms with Gasteiger partial charge in [-0.1, -0.05) is 0 Å². The average molecular weight is 302 g/mol. The summed E-state index contributed by atoms with van der Waals surface area (Å²) in [7, 11) is 0. The van der Waals surface area contributed by atoms with E-state index in [0.29, 0.717) is 0 Å². The Morgan fingerprint density at radius 2 is 1.45 bits per heavy atom. The number of rotatable bonds is 2. The molecule has 22 heavy (non-hydrogen) atoms. The van der Waals surface area contributed by atoms with E-state index in [-0.39, 0.29) is 21.9 Å². The zero-order valence-corrected chi connectivity index (χ0v) is 10.7. The van der Waals surface area contributed by atoms with Gasteiger partial charge < -0.3 is 19.0 Å². The highest BCUT2D eigenvalue weighted by Crippen LogP contribution is 2.24. The topological polar surface area (TPSA) is 135 Å². The van der Waals surface area contributed by atoms with Gasteiger partial charge in [0.2, 0.25) is 0 Å². The van der Waals surface area contributed by atoms with Crippen molar-refractivity contribution in [1.29, 1.82) is 0 Å². The Bertz CT molecular complexity index is 1070. The Hall–Kier alpha value is -3.42. The van der Waals surface area contributed by atoms with Gasteiger partial charge in [-0.2, -0.15) is 0 Å². The first-order chi connectivity index (χ1) is 10.4. The third-order valence-electron chi connectivity index (χ3n) is 3.07. The predicted molar refractivity (Wildman–Crippen MR) is 72.4 cm³/mol. The lowest BCUT2D eigenvalue weighted by Crippen LogP contribution is -2.14. The van der Waals surface area contributed by atoms with Crippen molar-refractivity contribution in [2.45, 2.75) is 0 Å². The molecule has 1 aromatic carbocycles. The summed E-state index contributed by atoms with van der Waals surface area (Å²) >= 11 is 0. The van der Waals surface area contributed by atoms with Crippen LogP contribution in [-0.4, -0.2) is 22.2 Å². The Balaban J connectivity index is 2.49. The molecule has 2 heterocycles. The fraction of sp³-hybridized carbons (Fsp3) is 0. The van der Waals surface area contributed by atoms with Crippen LogP contribution in [0.2, 0.25) is 0 Å². The molecular formula is C14H6O8. The highest BCUT2D eigenvalue weighted by molar-refractivity contribution is 6.05. The highest BCUT2D eigenvalue weighted by Gasteiger charge is 2.17. The van der Waals surface area contributed by atoms with Crippen LogP contribution >= 0.6 is 0 Å². The van der Waals surface area contributed by atoms with E-state index in [2.05, 4.69) is 0 Å². The van der Waals surface area contributed by atoms with E-state index in [4.69, 9.17) is 19.0 Å². The number of benzene rings is 1. The van der Waals surface area contributed by atoms with Crippen LogP contribution in [-0.2, 0) is 0 Å². The van der Waals surface area contributed by atoms with Crippen LogP contribution in [0, 0.1) is 0 Å². The van der Waals surface area contributed by atoms with E-state index in [1.165, 1.54) is 12.1 Å². The molecule has 0 saturated heterocycles. The first-order valence-electron chi connectivity index (χ1n) is 5.90. The zero-order chi connectivity index (χ0) is 16.0. The van der Waals surface area contributed by atoms with Crippen molar-refractivity contribution in [1.82, 2.24) is 0 Å². The molecule has 0 aliphatic heterocycles. The fourth-order valence-electron chi connectivity index (χ4n) is 2.07. The number of carboxylic acid groups (broad SMARTS) is 2. The molecule has 8 nitrogen and oxygen atoms in total. The average Bonchev–Trinajstić information content (AvgIpc) is 2.45. The summed E-state index contributed by atoms with van der Waals surface area (Å²) in [4.78, 5) is 45.1. The maximum atomic E-state index is 11.6. The van der Waals surface area contributed by atoms with Crippen molar-refractivity contribution < 1.29 is 28.6 Å². The molecule has 0 atom stereocenters. The van der Waals surface area contributed by atoms with Crippen LogP contribution in [0.4, 0.5) is 0 Å². The van der Waals surface area contributed by atoms with Crippen molar-refractivity contribution in [2.75, 3.05) is 0 Å². The molecule has 2 N–H and O–H groups in total. The van der Waals surface area contributed by atoms with Gasteiger partial charge in [0, 0.05) is 5.39 Å². The standard InChI is InChI=1S/C14H6O8/c15-11(16)7-3-5-1-2-9-6(10(5)22-14(7)20)4-8(12(17)18)13(19)21-9/h1-4H,(H,15,16)(H,17,18). The molecule has 0 amide bonds. The van der Waals surface area contributed by atoms with E-state index in [9.17, 15) is 19.2 Å². The number of hydrogen-bond donors (Lipinski definition) is 2. The van der Waals surface area contributed by atoms with Crippen LogP contribution in [0.25, 0.3) is 21.9 Å². The summed E-state index contributed by atoms with van der Waals surface area (Å²) in [6, 6.07) is 4.89. The minimum Gasteiger partial charge on any atom is -0.477 e. The second-order valence-corrected chi connectivity index (χ2v) is 4.40. The van der Waals surface area contributed by atoms with Crippen molar-refractivity contribution in [3.63, 3.8) is 0 Å². The lowest BCUT2D eigenvalue weighted by molar-refractivity contribution is 0.0681. The fourth-order valence-corrected chi connectivity index (χ4v) is 2.07. The number of aromatic carboxylic acids is 2. The van der Waals surface area contributed by atoms with E-state index >= 15 is 0 Å². The molecule has 3 rings (SSSR count). The molecule has 3 aromatic rings. The smallest absolute Gasteiger partial charge is 0.351 e. The Labute approximate surface area is 119 Å². The summed E-state index contributed by atoms with van der Waals surface area (Å²) in [6.07, 6.45) is 0. The molecule has 0 radical (unpaired) electrons. The van der Waals surface area contributed by atoms with Gasteiger partial charge in [0.05, 0.1) is 5.39 Å². The maximum absolute atomic E-state index is 11.6. The second-order valence-electron chi connectivity index (χ2n) is 4.40. The Kier molecular flexibility index (Phi) is 2.81. The third kappa shape index (κ3) is 1.94. The molecule has 2 aromatic heterocycles. The van der Waals surface area contributed by atoms with Gasteiger partial charge in [-0.3, -0.25) is 0 Å². The van der Waals surface area contributed by atoms with Gasteiger partial charge in [0.25, 0.3) is 0 Å². The van der Waals surface area contributed by atoms with Crippen molar-refractivity contribution in [2.24, 2.45) is 0 Å². The van der Waals surface area contributed by atoms with Gasteiger partial charge in [-0.25, -0.2) is 19.2 Å². The van der Waals surface area contributed by atoms with Crippen molar-refractivity contribution in [3.05, 3.63) is 56.2 Å². The number of hydrogen-bond acceptors (Lipinski definition) is 6. The van der Waals surface area contributed by atoms with Crippen LogP contribution < -0.4 is 11.3 Å². The second kappa shape index (κ2) is 4.55. The molecule has 0 saturated carbocycles. The molecule has 0 fully saturated rings. The van der Waals surface area contributed by atoms with Gasteiger partial charge >= 0.3 is 23.2 Å². The number of carbonyl (C=O) groups is 2. The number of fused-ring (bicyclic) bond motifs is 3. The number of carboxylic acids is 2. The van der Waals surface area contributed by atoms with Crippen molar-refractivity contribution >= 4 is 33.9 Å². The van der Waals surface area contributed by atoms with Gasteiger partial charge in [0.1, 0.15) is 22.3 Å². The van der Waals surface area contributed by atoms with E-state index < -0.39 is 34.3 Å². The minimum absolute atomic E-state index is 0.0220. The first-order valence-corrected chi connectivity index (χ1v) is 5.90. The van der Waals surface area contributed by atoms with Crippen LogP contribution in [0.1, 0.15) is 20.7 Å². The lowest BCUT2D eigenvalue weighted by Gasteiger charge is -2.03. The molecule has 110 valence electrons. The Morgan fingerprint density at radius 1 is 0.864 bits per heavy atom. The first kappa shape index (κ1) is 13.6. The van der Waals surface area contributed by atoms with Crippen LogP contribution in [0.3, 0.4) is 0 Å². The summed E-state index contributed by atoms with van der Waals surface area (Å²) in [5.41, 5.74) is -3.33. The molecule has 8 heteroatoms. The molecule has 0 bridgehead atoms. The molecule has 0 aliphatic rings. The molecule has 0 unspecified atom stereocenters. The normalized spacial score (nSPS) is 10.9. The molecule has 0 spiro atoms. The summed E-state index contributed by atoms with van der Waals surface area (Å²) < 4.78 is 9.82. The predicted octanol–water partition coefficient (Wildman–Crippen LogP) is 1.30. The SMILES string of the molecule is O=C(O)c1cc2c(ccc3cc(C(=O)O)c(=O)oc32)oc1=O. The van der Waals surface area contributed by atoms with Gasteiger partial charge in [-0.05, 0) is 24.3 Å². The van der Waals surface area contributed by atoms with E-state index in [1.54, 1.807) is 0 Å². The van der Waals surface area contributed by atoms with Crippen LogP contribution in [0.15, 0.2) is 42.7 Å². The van der Waals surface area contributed by atoms with E-state index in [0.717, 1.165) is 12.1 Å². The maximum Gasteiger partial charge on any atom is 0.351 e. The molecule has 0 aliphatic carbocycles. The summed E-state index contributed by atoms with van der Waals surface area (Å²) in [5, 5.41) is 18.2. The Morgan fingerprint density at radius 3 is 2.09 bits per heavy atom. The molecular weight excluding hydrogens is 296 g/mol. The van der Waals surface area contributed by atoms with Gasteiger partial charge in [0.15, 0.2) is 0 Å². The summed E-state index contributed by atoms with van der Waals surface area (Å²) in [5.74, 6) is -2.93. The quantitative estimate of drug-likeness (QED) is 0.534. The largest absolute Gasteiger partial charge is 0.477 e. The monoisotopic (exact) mass is 302 g/mol. The minimum atomic E-state index is -1.49. The van der Waals surface area contributed by atoms with Gasteiger partial charge in [-0.15, -0.1) is 0 Å². The van der Waals surface area contributed by atoms with Crippen LogP contribution in [0.5, 0.6) is 0 Å². The summed E-state index contributed by atoms with van der Waals surface area (Å²) in [6.45, 7) is 0. The lowest BCUT2D eigenvalue weighted by atomic mass is 10.1. The highest BCUT2D eigenvalue weighted by atomic mass is 16.4. The van der Waals surface area contributed by atoms with E-state index in [1.807, 2.05) is 0 Å².